The Morgan fingerprint density at radius 3 is 2.50 bits per heavy atom. The third-order valence-electron chi connectivity index (χ3n) is 6.76. The predicted octanol–water partition coefficient (Wildman–Crippen LogP) is 5.79. The number of rotatable bonds is 5. The highest BCUT2D eigenvalue weighted by molar-refractivity contribution is 9.10. The summed E-state index contributed by atoms with van der Waals surface area (Å²) in [5.74, 6) is 1.87. The predicted molar refractivity (Wildman–Crippen MR) is 107 cm³/mol. The normalized spacial score (nSPS) is 25.9. The van der Waals surface area contributed by atoms with Crippen LogP contribution < -0.4 is 0 Å². The van der Waals surface area contributed by atoms with Gasteiger partial charge in [0.05, 0.1) is 0 Å². The van der Waals surface area contributed by atoms with E-state index in [2.05, 4.69) is 73.6 Å². The highest BCUT2D eigenvalue weighted by Gasteiger charge is 2.59. The minimum atomic E-state index is -0.0651. The number of fused-ring (bicyclic) bond motifs is 2. The fraction of sp³-hybridized carbons (Fsp3) is 0.667. The minimum absolute atomic E-state index is 0.0651. The quantitative estimate of drug-likeness (QED) is 0.621. The van der Waals surface area contributed by atoms with Gasteiger partial charge in [-0.15, -0.1) is 0 Å². The van der Waals surface area contributed by atoms with Crippen molar-refractivity contribution in [3.63, 3.8) is 0 Å². The minimum Gasteiger partial charge on any atom is -0.358 e. The lowest BCUT2D eigenvalue weighted by molar-refractivity contribution is 0.119. The van der Waals surface area contributed by atoms with Crippen molar-refractivity contribution in [3.8, 4) is 0 Å². The number of hydrogen-bond donors (Lipinski definition) is 0. The average Bonchev–Trinajstić information content (AvgIpc) is 3.12. The highest BCUT2D eigenvalue weighted by atomic mass is 79.9. The summed E-state index contributed by atoms with van der Waals surface area (Å²) >= 11 is 3.70. The average molecular weight is 391 g/mol. The van der Waals surface area contributed by atoms with E-state index >= 15 is 0 Å². The largest absolute Gasteiger partial charge is 0.358 e. The van der Waals surface area contributed by atoms with E-state index in [-0.39, 0.29) is 11.0 Å². The summed E-state index contributed by atoms with van der Waals surface area (Å²) in [4.78, 5) is 8.09. The van der Waals surface area contributed by atoms with Crippen molar-refractivity contribution in [1.82, 2.24) is 4.90 Å². The molecule has 2 unspecified atom stereocenters. The second-order valence-electron chi connectivity index (χ2n) is 7.62. The standard InChI is InChI=1S/C21H31BrN2/c1-6-15(5)19-23-21(14-24(19)9-4)18-12-17(22)11-10-16(18)13-20(21,7-2)8-3/h10-12,15H,6-9,13-14H2,1-5H3. The molecule has 3 rings (SSSR count). The number of amidine groups is 1. The summed E-state index contributed by atoms with van der Waals surface area (Å²) in [6.45, 7) is 13.7. The Hall–Kier alpha value is -0.830. The second-order valence-corrected chi connectivity index (χ2v) is 8.54. The van der Waals surface area contributed by atoms with Crippen LogP contribution in [0.4, 0.5) is 0 Å². The molecule has 3 heteroatoms. The highest BCUT2D eigenvalue weighted by Crippen LogP contribution is 2.59. The Bertz CT molecular complexity index is 647. The summed E-state index contributed by atoms with van der Waals surface area (Å²) in [7, 11) is 0. The second kappa shape index (κ2) is 6.48. The molecular formula is C21H31BrN2. The van der Waals surface area contributed by atoms with E-state index < -0.39 is 0 Å². The molecule has 2 atom stereocenters. The van der Waals surface area contributed by atoms with Crippen LogP contribution in [-0.4, -0.2) is 23.8 Å². The molecule has 1 aromatic carbocycles. The Morgan fingerprint density at radius 2 is 1.92 bits per heavy atom. The maximum absolute atomic E-state index is 5.54. The molecule has 0 bridgehead atoms. The molecule has 1 aliphatic heterocycles. The Labute approximate surface area is 155 Å². The number of likely N-dealkylation sites (N-methyl/N-ethyl adjacent to an activating group) is 1. The van der Waals surface area contributed by atoms with Crippen LogP contribution in [0.15, 0.2) is 27.7 Å². The zero-order valence-electron chi connectivity index (χ0n) is 15.8. The van der Waals surface area contributed by atoms with Crippen LogP contribution in [0, 0.1) is 11.3 Å². The van der Waals surface area contributed by atoms with Crippen molar-refractivity contribution in [3.05, 3.63) is 33.8 Å². The van der Waals surface area contributed by atoms with Gasteiger partial charge < -0.3 is 4.90 Å². The third-order valence-corrected chi connectivity index (χ3v) is 7.25. The molecule has 2 nitrogen and oxygen atoms in total. The van der Waals surface area contributed by atoms with Gasteiger partial charge in [-0.25, -0.2) is 0 Å². The number of aliphatic imine (C=N–C) groups is 1. The monoisotopic (exact) mass is 390 g/mol. The van der Waals surface area contributed by atoms with Gasteiger partial charge in [0.25, 0.3) is 0 Å². The molecule has 0 radical (unpaired) electrons. The summed E-state index contributed by atoms with van der Waals surface area (Å²) in [6, 6.07) is 6.86. The fourth-order valence-corrected chi connectivity index (χ4v) is 5.30. The Kier molecular flexibility index (Phi) is 4.85. The molecule has 0 N–H and O–H groups in total. The van der Waals surface area contributed by atoms with Crippen LogP contribution in [0.2, 0.25) is 0 Å². The van der Waals surface area contributed by atoms with Gasteiger partial charge in [-0.1, -0.05) is 49.7 Å². The van der Waals surface area contributed by atoms with E-state index in [1.807, 2.05) is 0 Å². The van der Waals surface area contributed by atoms with Crippen molar-refractivity contribution in [2.75, 3.05) is 13.1 Å². The van der Waals surface area contributed by atoms with Crippen molar-refractivity contribution in [1.29, 1.82) is 0 Å². The lowest BCUT2D eigenvalue weighted by Gasteiger charge is -2.41. The fourth-order valence-electron chi connectivity index (χ4n) is 4.94. The van der Waals surface area contributed by atoms with E-state index in [0.29, 0.717) is 5.92 Å². The summed E-state index contributed by atoms with van der Waals surface area (Å²) in [5.41, 5.74) is 3.16. The zero-order valence-corrected chi connectivity index (χ0v) is 17.4. The summed E-state index contributed by atoms with van der Waals surface area (Å²) in [6.07, 6.45) is 4.69. The lowest BCUT2D eigenvalue weighted by Crippen LogP contribution is -2.45. The molecule has 0 amide bonds. The van der Waals surface area contributed by atoms with E-state index in [0.717, 1.165) is 25.9 Å². The molecule has 0 aromatic heterocycles. The number of halogens is 1. The van der Waals surface area contributed by atoms with Crippen molar-refractivity contribution in [2.45, 2.75) is 65.8 Å². The molecule has 24 heavy (non-hydrogen) atoms. The number of hydrogen-bond acceptors (Lipinski definition) is 2. The summed E-state index contributed by atoms with van der Waals surface area (Å²) < 4.78 is 1.18. The van der Waals surface area contributed by atoms with Crippen molar-refractivity contribution in [2.24, 2.45) is 16.3 Å². The topological polar surface area (TPSA) is 15.6 Å². The van der Waals surface area contributed by atoms with Crippen LogP contribution >= 0.6 is 15.9 Å². The molecule has 0 saturated heterocycles. The molecule has 1 spiro atoms. The third kappa shape index (κ3) is 2.38. The van der Waals surface area contributed by atoms with E-state index in [9.17, 15) is 0 Å². The molecule has 0 fully saturated rings. The van der Waals surface area contributed by atoms with Crippen LogP contribution in [0.3, 0.4) is 0 Å². The van der Waals surface area contributed by atoms with Crippen molar-refractivity contribution < 1.29 is 0 Å². The lowest BCUT2D eigenvalue weighted by atomic mass is 9.67. The molecule has 132 valence electrons. The summed E-state index contributed by atoms with van der Waals surface area (Å²) in [5, 5.41) is 0. The van der Waals surface area contributed by atoms with Crippen molar-refractivity contribution >= 4 is 21.8 Å². The smallest absolute Gasteiger partial charge is 0.111 e. The molecule has 1 aliphatic carbocycles. The zero-order chi connectivity index (χ0) is 17.5. The van der Waals surface area contributed by atoms with Gasteiger partial charge in [0, 0.05) is 28.9 Å². The van der Waals surface area contributed by atoms with Gasteiger partial charge in [0.1, 0.15) is 11.4 Å². The number of benzene rings is 1. The van der Waals surface area contributed by atoms with Gasteiger partial charge in [0.15, 0.2) is 0 Å². The Balaban J connectivity index is 2.22. The van der Waals surface area contributed by atoms with Crippen LogP contribution in [-0.2, 0) is 12.0 Å². The van der Waals surface area contributed by atoms with Gasteiger partial charge in [0.2, 0.25) is 0 Å². The van der Waals surface area contributed by atoms with E-state index in [1.165, 1.54) is 34.3 Å². The van der Waals surface area contributed by atoms with E-state index in [1.54, 1.807) is 0 Å². The molecule has 2 aliphatic rings. The maximum Gasteiger partial charge on any atom is 0.111 e. The number of nitrogens with zero attached hydrogens (tertiary/aromatic N) is 2. The molecular weight excluding hydrogens is 360 g/mol. The van der Waals surface area contributed by atoms with Crippen LogP contribution in [0.1, 0.15) is 65.0 Å². The first-order valence-corrected chi connectivity index (χ1v) is 10.4. The molecule has 1 aromatic rings. The van der Waals surface area contributed by atoms with Gasteiger partial charge in [-0.2, -0.15) is 0 Å². The van der Waals surface area contributed by atoms with E-state index in [4.69, 9.17) is 4.99 Å². The van der Waals surface area contributed by atoms with Gasteiger partial charge >= 0.3 is 0 Å². The van der Waals surface area contributed by atoms with Crippen LogP contribution in [0.5, 0.6) is 0 Å². The molecule has 1 heterocycles. The van der Waals surface area contributed by atoms with Crippen LogP contribution in [0.25, 0.3) is 0 Å². The maximum atomic E-state index is 5.54. The van der Waals surface area contributed by atoms with Gasteiger partial charge in [-0.3, -0.25) is 4.99 Å². The first-order valence-electron chi connectivity index (χ1n) is 9.60. The first-order chi connectivity index (χ1) is 11.5. The van der Waals surface area contributed by atoms with Gasteiger partial charge in [-0.05, 0) is 55.9 Å². The SMILES string of the molecule is CCC(C)C1=NC2(CN1CC)c1cc(Br)ccc1CC2(CC)CC. The Morgan fingerprint density at radius 1 is 1.21 bits per heavy atom. The first kappa shape index (κ1) is 18.0. The molecule has 0 saturated carbocycles.